The summed E-state index contributed by atoms with van der Waals surface area (Å²) < 4.78 is 0. The van der Waals surface area contributed by atoms with Crippen LogP contribution in [0.3, 0.4) is 0 Å². The number of hydrogen-bond acceptors (Lipinski definition) is 2. The molecule has 31 heavy (non-hydrogen) atoms. The first kappa shape index (κ1) is 22.3. The zero-order valence-corrected chi connectivity index (χ0v) is 18.3. The van der Waals surface area contributed by atoms with Gasteiger partial charge in [0.25, 0.3) is 0 Å². The van der Waals surface area contributed by atoms with Gasteiger partial charge in [0.05, 0.1) is 0 Å². The van der Waals surface area contributed by atoms with Gasteiger partial charge in [-0.05, 0) is 30.0 Å². The Balaban J connectivity index is 1.87. The number of amides is 2. The Hall–Kier alpha value is -3.40. The molecule has 0 saturated heterocycles. The standard InChI is InChI=1S/C27H30N2O2/c1-21-10-9-15-24(18-21)20-29(26(30)17-16-22-11-5-3-6-12-22)25(27(31)28-2)19-23-13-7-4-8-14-23/h3-15,18,25H,16-17,19-20H2,1-2H3,(H,28,31). The number of hydrogen-bond donors (Lipinski definition) is 1. The van der Waals surface area contributed by atoms with E-state index in [1.165, 1.54) is 0 Å². The van der Waals surface area contributed by atoms with Gasteiger partial charge in [0.2, 0.25) is 11.8 Å². The van der Waals surface area contributed by atoms with Crippen LogP contribution in [-0.2, 0) is 29.0 Å². The summed E-state index contributed by atoms with van der Waals surface area (Å²) in [6, 6.07) is 27.4. The van der Waals surface area contributed by atoms with Crippen LogP contribution in [0, 0.1) is 6.92 Å². The lowest BCUT2D eigenvalue weighted by Crippen LogP contribution is -2.49. The van der Waals surface area contributed by atoms with Gasteiger partial charge in [0, 0.05) is 26.4 Å². The molecule has 1 atom stereocenters. The van der Waals surface area contributed by atoms with Crippen LogP contribution in [0.1, 0.15) is 28.7 Å². The normalized spacial score (nSPS) is 11.5. The third-order valence-electron chi connectivity index (χ3n) is 5.42. The van der Waals surface area contributed by atoms with E-state index in [1.54, 1.807) is 11.9 Å². The van der Waals surface area contributed by atoms with Gasteiger partial charge in [-0.15, -0.1) is 0 Å². The number of likely N-dealkylation sites (N-methyl/N-ethyl adjacent to an activating group) is 1. The quantitative estimate of drug-likeness (QED) is 0.567. The van der Waals surface area contributed by atoms with Gasteiger partial charge in [-0.25, -0.2) is 0 Å². The fourth-order valence-corrected chi connectivity index (χ4v) is 3.77. The molecule has 1 unspecified atom stereocenters. The van der Waals surface area contributed by atoms with Gasteiger partial charge in [0.15, 0.2) is 0 Å². The molecule has 0 fully saturated rings. The highest BCUT2D eigenvalue weighted by molar-refractivity contribution is 5.88. The van der Waals surface area contributed by atoms with Crippen LogP contribution in [-0.4, -0.2) is 29.8 Å². The van der Waals surface area contributed by atoms with Gasteiger partial charge in [0.1, 0.15) is 6.04 Å². The highest BCUT2D eigenvalue weighted by Gasteiger charge is 2.29. The van der Waals surface area contributed by atoms with Crippen LogP contribution in [0.25, 0.3) is 0 Å². The number of rotatable bonds is 9. The maximum atomic E-state index is 13.4. The van der Waals surface area contributed by atoms with Crippen molar-refractivity contribution >= 4 is 11.8 Å². The molecule has 0 aliphatic carbocycles. The third kappa shape index (κ3) is 6.54. The molecule has 0 aliphatic rings. The van der Waals surface area contributed by atoms with E-state index in [0.29, 0.717) is 25.8 Å². The number of carbonyl (C=O) groups excluding carboxylic acids is 2. The van der Waals surface area contributed by atoms with E-state index in [9.17, 15) is 9.59 Å². The molecule has 3 aromatic rings. The number of nitrogens with one attached hydrogen (secondary N) is 1. The van der Waals surface area contributed by atoms with E-state index in [2.05, 4.69) is 11.4 Å². The van der Waals surface area contributed by atoms with Crippen LogP contribution in [0.5, 0.6) is 0 Å². The first-order valence-corrected chi connectivity index (χ1v) is 10.7. The van der Waals surface area contributed by atoms with Crippen LogP contribution in [0.2, 0.25) is 0 Å². The van der Waals surface area contributed by atoms with E-state index in [4.69, 9.17) is 0 Å². The summed E-state index contributed by atoms with van der Waals surface area (Å²) >= 11 is 0. The van der Waals surface area contributed by atoms with Crippen LogP contribution < -0.4 is 5.32 Å². The molecule has 0 radical (unpaired) electrons. The smallest absolute Gasteiger partial charge is 0.242 e. The topological polar surface area (TPSA) is 49.4 Å². The van der Waals surface area contributed by atoms with E-state index in [-0.39, 0.29) is 11.8 Å². The van der Waals surface area contributed by atoms with Crippen molar-refractivity contribution < 1.29 is 9.59 Å². The van der Waals surface area contributed by atoms with E-state index in [0.717, 1.165) is 22.3 Å². The second kappa shape index (κ2) is 11.1. The third-order valence-corrected chi connectivity index (χ3v) is 5.42. The van der Waals surface area contributed by atoms with Crippen molar-refractivity contribution in [3.63, 3.8) is 0 Å². The van der Waals surface area contributed by atoms with Gasteiger partial charge < -0.3 is 10.2 Å². The maximum absolute atomic E-state index is 13.4. The molecule has 4 nitrogen and oxygen atoms in total. The van der Waals surface area contributed by atoms with Crippen molar-refractivity contribution in [2.45, 2.75) is 38.8 Å². The molecule has 0 bridgehead atoms. The summed E-state index contributed by atoms with van der Waals surface area (Å²) in [6.45, 7) is 2.44. The largest absolute Gasteiger partial charge is 0.357 e. The van der Waals surface area contributed by atoms with E-state index < -0.39 is 6.04 Å². The van der Waals surface area contributed by atoms with Gasteiger partial charge in [-0.2, -0.15) is 0 Å². The minimum Gasteiger partial charge on any atom is -0.357 e. The Labute approximate surface area is 184 Å². The molecule has 2 amide bonds. The second-order valence-corrected chi connectivity index (χ2v) is 7.82. The average Bonchev–Trinajstić information content (AvgIpc) is 2.80. The minimum atomic E-state index is -0.573. The van der Waals surface area contributed by atoms with Crippen molar-refractivity contribution in [1.29, 1.82) is 0 Å². The minimum absolute atomic E-state index is 0.0186. The highest BCUT2D eigenvalue weighted by atomic mass is 16.2. The monoisotopic (exact) mass is 414 g/mol. The van der Waals surface area contributed by atoms with Crippen LogP contribution >= 0.6 is 0 Å². The molecule has 160 valence electrons. The second-order valence-electron chi connectivity index (χ2n) is 7.82. The number of benzene rings is 3. The molecule has 0 aliphatic heterocycles. The maximum Gasteiger partial charge on any atom is 0.242 e. The lowest BCUT2D eigenvalue weighted by Gasteiger charge is -2.31. The van der Waals surface area contributed by atoms with Crippen molar-refractivity contribution in [2.75, 3.05) is 7.05 Å². The molecule has 4 heteroatoms. The lowest BCUT2D eigenvalue weighted by atomic mass is 10.0. The zero-order valence-electron chi connectivity index (χ0n) is 18.3. The molecule has 3 rings (SSSR count). The summed E-state index contributed by atoms with van der Waals surface area (Å²) in [4.78, 5) is 28.0. The molecule has 0 aromatic heterocycles. The SMILES string of the molecule is CNC(=O)C(Cc1ccccc1)N(Cc1cccc(C)c1)C(=O)CCc1ccccc1. The molecule has 1 N–H and O–H groups in total. The van der Waals surface area contributed by atoms with Crippen molar-refractivity contribution in [3.05, 3.63) is 107 Å². The number of aryl methyl sites for hydroxylation is 2. The zero-order chi connectivity index (χ0) is 22.1. The molecule has 3 aromatic carbocycles. The predicted octanol–water partition coefficient (Wildman–Crippen LogP) is 4.31. The molecule has 0 saturated carbocycles. The summed E-state index contributed by atoms with van der Waals surface area (Å²) in [5.41, 5.74) is 4.30. The fraction of sp³-hybridized carbons (Fsp3) is 0.259. The van der Waals surface area contributed by atoms with Crippen molar-refractivity contribution in [2.24, 2.45) is 0 Å². The molecular formula is C27H30N2O2. The Bertz CT molecular complexity index is 986. The lowest BCUT2D eigenvalue weighted by molar-refractivity contribution is -0.141. The van der Waals surface area contributed by atoms with Crippen molar-refractivity contribution in [3.8, 4) is 0 Å². The molecule has 0 heterocycles. The van der Waals surface area contributed by atoms with Crippen LogP contribution in [0.15, 0.2) is 84.9 Å². The Morgan fingerprint density at radius 2 is 1.45 bits per heavy atom. The molecular weight excluding hydrogens is 384 g/mol. The number of nitrogens with zero attached hydrogens (tertiary/aromatic N) is 1. The average molecular weight is 415 g/mol. The van der Waals surface area contributed by atoms with Gasteiger partial charge in [-0.1, -0.05) is 90.5 Å². The summed E-state index contributed by atoms with van der Waals surface area (Å²) in [5, 5.41) is 2.76. The predicted molar refractivity (Wildman–Crippen MR) is 124 cm³/mol. The molecule has 0 spiro atoms. The Kier molecular flexibility index (Phi) is 7.99. The summed E-state index contributed by atoms with van der Waals surface area (Å²) in [6.07, 6.45) is 1.48. The van der Waals surface area contributed by atoms with Gasteiger partial charge >= 0.3 is 0 Å². The summed E-state index contributed by atoms with van der Waals surface area (Å²) in [5.74, 6) is -0.167. The highest BCUT2D eigenvalue weighted by Crippen LogP contribution is 2.17. The van der Waals surface area contributed by atoms with Crippen molar-refractivity contribution in [1.82, 2.24) is 10.2 Å². The van der Waals surface area contributed by atoms with E-state index in [1.807, 2.05) is 85.8 Å². The first-order valence-electron chi connectivity index (χ1n) is 10.7. The fourth-order valence-electron chi connectivity index (χ4n) is 3.77. The van der Waals surface area contributed by atoms with E-state index >= 15 is 0 Å². The number of carbonyl (C=O) groups is 2. The first-order chi connectivity index (χ1) is 15.1. The van der Waals surface area contributed by atoms with Crippen LogP contribution in [0.4, 0.5) is 0 Å². The Morgan fingerprint density at radius 3 is 2.06 bits per heavy atom. The van der Waals surface area contributed by atoms with Gasteiger partial charge in [-0.3, -0.25) is 9.59 Å². The Morgan fingerprint density at radius 1 is 0.839 bits per heavy atom. The summed E-state index contributed by atoms with van der Waals surface area (Å²) in [7, 11) is 1.62.